The average Bonchev–Trinajstić information content (AvgIpc) is 2.26. The largest absolute Gasteiger partial charge is 0.491 e. The summed E-state index contributed by atoms with van der Waals surface area (Å²) in [5.74, 6) is -2.30. The van der Waals surface area contributed by atoms with Gasteiger partial charge >= 0.3 is 12.1 Å². The third-order valence-electron chi connectivity index (χ3n) is 3.14. The zero-order chi connectivity index (χ0) is 17.5. The first-order valence-electron chi connectivity index (χ1n) is 6.77. The van der Waals surface area contributed by atoms with Crippen LogP contribution in [0.25, 0.3) is 0 Å². The highest BCUT2D eigenvalue weighted by Crippen LogP contribution is 2.41. The molecule has 1 aromatic rings. The molecule has 0 aliphatic carbocycles. The van der Waals surface area contributed by atoms with Crippen LogP contribution in [0.5, 0.6) is 5.75 Å². The molecule has 0 saturated carbocycles. The maximum absolute atomic E-state index is 12.5. The quantitative estimate of drug-likeness (QED) is 0.474. The number of carbonyl (C=O) groups excluding carboxylic acids is 1. The van der Waals surface area contributed by atoms with E-state index in [1.807, 2.05) is 41.5 Å². The van der Waals surface area contributed by atoms with Gasteiger partial charge in [-0.05, 0) is 38.4 Å². The molecule has 2 nitrogen and oxygen atoms in total. The van der Waals surface area contributed by atoms with Crippen molar-refractivity contribution in [2.45, 2.75) is 58.5 Å². The van der Waals surface area contributed by atoms with Crippen LogP contribution in [0.1, 0.15) is 52.7 Å². The van der Waals surface area contributed by atoms with Crippen molar-refractivity contribution in [3.05, 3.63) is 27.7 Å². The van der Waals surface area contributed by atoms with Crippen molar-refractivity contribution in [3.8, 4) is 5.75 Å². The summed E-state index contributed by atoms with van der Waals surface area (Å²) in [4.78, 5) is 11.2. The summed E-state index contributed by atoms with van der Waals surface area (Å²) < 4.78 is 42.4. The maximum atomic E-state index is 12.5. The molecule has 124 valence electrons. The Morgan fingerprint density at radius 3 is 1.86 bits per heavy atom. The van der Waals surface area contributed by atoms with E-state index in [2.05, 4.69) is 20.7 Å². The van der Waals surface area contributed by atoms with Crippen molar-refractivity contribution >= 4 is 21.9 Å². The number of carbonyl (C=O) groups is 1. The van der Waals surface area contributed by atoms with Crippen LogP contribution >= 0.6 is 15.9 Å². The van der Waals surface area contributed by atoms with Crippen LogP contribution in [0.4, 0.5) is 13.2 Å². The Labute approximate surface area is 137 Å². The fraction of sp³-hybridized carbons (Fsp3) is 0.562. The van der Waals surface area contributed by atoms with Gasteiger partial charge in [0.25, 0.3) is 0 Å². The van der Waals surface area contributed by atoms with Gasteiger partial charge in [0, 0.05) is 5.56 Å². The van der Waals surface area contributed by atoms with Crippen LogP contribution in [-0.4, -0.2) is 12.1 Å². The van der Waals surface area contributed by atoms with Crippen LogP contribution in [-0.2, 0) is 15.6 Å². The molecule has 0 fully saturated rings. The zero-order valence-electron chi connectivity index (χ0n) is 13.5. The van der Waals surface area contributed by atoms with Gasteiger partial charge in [0.15, 0.2) is 0 Å². The number of rotatable bonds is 1. The summed E-state index contributed by atoms with van der Waals surface area (Å²) >= 11 is 3.23. The monoisotopic (exact) mass is 380 g/mol. The van der Waals surface area contributed by atoms with Crippen LogP contribution in [0.15, 0.2) is 16.6 Å². The van der Waals surface area contributed by atoms with Crippen LogP contribution < -0.4 is 4.74 Å². The van der Waals surface area contributed by atoms with Crippen molar-refractivity contribution < 1.29 is 22.7 Å². The smallest absolute Gasteiger partial charge is 0.418 e. The highest BCUT2D eigenvalue weighted by molar-refractivity contribution is 9.10. The van der Waals surface area contributed by atoms with Crippen LogP contribution in [0.2, 0.25) is 0 Å². The van der Waals surface area contributed by atoms with E-state index in [1.54, 1.807) is 12.1 Å². The lowest BCUT2D eigenvalue weighted by atomic mass is 9.80. The Kier molecular flexibility index (Phi) is 5.07. The molecule has 0 unspecified atom stereocenters. The van der Waals surface area contributed by atoms with E-state index in [0.717, 1.165) is 5.56 Å². The predicted octanol–water partition coefficient (Wildman–Crippen LogP) is 5.51. The van der Waals surface area contributed by atoms with Gasteiger partial charge in [0.05, 0.1) is 4.47 Å². The summed E-state index contributed by atoms with van der Waals surface area (Å²) in [6.45, 7) is 11.6. The molecule has 0 saturated heterocycles. The molecule has 0 N–H and O–H groups in total. The first-order chi connectivity index (χ1) is 9.64. The molecule has 0 aliphatic heterocycles. The molecule has 0 atom stereocenters. The first kappa shape index (κ1) is 19.0. The number of hydrogen-bond acceptors (Lipinski definition) is 2. The molecule has 0 aliphatic rings. The number of esters is 1. The minimum atomic E-state index is -5.03. The highest BCUT2D eigenvalue weighted by Gasteiger charge is 2.42. The van der Waals surface area contributed by atoms with E-state index >= 15 is 0 Å². The normalized spacial score (nSPS) is 13.2. The SMILES string of the molecule is CC(C)(C)c1cc(Br)c(OC(=O)C(F)(F)F)c(C(C)(C)C)c1. The Hall–Kier alpha value is -1.04. The highest BCUT2D eigenvalue weighted by atomic mass is 79.9. The molecule has 0 radical (unpaired) electrons. The Balaban J connectivity index is 3.48. The minimum absolute atomic E-state index is 0.0807. The predicted molar refractivity (Wildman–Crippen MR) is 83.2 cm³/mol. The minimum Gasteiger partial charge on any atom is -0.418 e. The molecule has 1 aromatic carbocycles. The van der Waals surface area contributed by atoms with Gasteiger partial charge in [-0.15, -0.1) is 0 Å². The van der Waals surface area contributed by atoms with Gasteiger partial charge in [-0.1, -0.05) is 47.6 Å². The van der Waals surface area contributed by atoms with Crippen molar-refractivity contribution in [2.24, 2.45) is 0 Å². The molecule has 6 heteroatoms. The second-order valence-electron chi connectivity index (χ2n) is 7.22. The molecule has 0 aromatic heterocycles. The summed E-state index contributed by atoms with van der Waals surface area (Å²) in [6.07, 6.45) is -5.03. The third kappa shape index (κ3) is 4.48. The Bertz CT molecular complexity index is 579. The summed E-state index contributed by atoms with van der Waals surface area (Å²) in [5.41, 5.74) is 0.820. The van der Waals surface area contributed by atoms with Crippen molar-refractivity contribution in [3.63, 3.8) is 0 Å². The second kappa shape index (κ2) is 5.87. The topological polar surface area (TPSA) is 26.3 Å². The lowest BCUT2D eigenvalue weighted by Gasteiger charge is -2.28. The number of ether oxygens (including phenoxy) is 1. The van der Waals surface area contributed by atoms with Gasteiger partial charge in [-0.2, -0.15) is 13.2 Å². The van der Waals surface area contributed by atoms with Gasteiger partial charge in [0.2, 0.25) is 0 Å². The van der Waals surface area contributed by atoms with Gasteiger partial charge < -0.3 is 4.74 Å². The molecular formula is C16H20BrF3O2. The first-order valence-corrected chi connectivity index (χ1v) is 7.57. The number of hydrogen-bond donors (Lipinski definition) is 0. The molecule has 0 heterocycles. The summed E-state index contributed by atoms with van der Waals surface area (Å²) in [7, 11) is 0. The number of benzene rings is 1. The van der Waals surface area contributed by atoms with Gasteiger partial charge in [-0.25, -0.2) is 4.79 Å². The van der Waals surface area contributed by atoms with Crippen molar-refractivity contribution in [2.75, 3.05) is 0 Å². The van der Waals surface area contributed by atoms with E-state index in [1.165, 1.54) is 0 Å². The summed E-state index contributed by atoms with van der Waals surface area (Å²) in [5, 5.41) is 0. The Morgan fingerprint density at radius 1 is 1.00 bits per heavy atom. The maximum Gasteiger partial charge on any atom is 0.491 e. The second-order valence-corrected chi connectivity index (χ2v) is 8.08. The lowest BCUT2D eigenvalue weighted by Crippen LogP contribution is -2.29. The van der Waals surface area contributed by atoms with E-state index in [0.29, 0.717) is 10.0 Å². The van der Waals surface area contributed by atoms with E-state index < -0.39 is 17.6 Å². The average molecular weight is 381 g/mol. The van der Waals surface area contributed by atoms with E-state index in [-0.39, 0.29) is 11.2 Å². The number of halogens is 4. The zero-order valence-corrected chi connectivity index (χ0v) is 15.1. The fourth-order valence-corrected chi connectivity index (χ4v) is 2.38. The molecule has 1 rings (SSSR count). The van der Waals surface area contributed by atoms with Crippen molar-refractivity contribution in [1.82, 2.24) is 0 Å². The number of alkyl halides is 3. The van der Waals surface area contributed by atoms with Gasteiger partial charge in [-0.3, -0.25) is 0 Å². The summed E-state index contributed by atoms with van der Waals surface area (Å²) in [6, 6.07) is 3.48. The lowest BCUT2D eigenvalue weighted by molar-refractivity contribution is -0.189. The standard InChI is InChI=1S/C16H20BrF3O2/c1-14(2,3)9-7-10(15(4,5)6)12(11(17)8-9)22-13(21)16(18,19)20/h7-8H,1-6H3. The van der Waals surface area contributed by atoms with E-state index in [4.69, 9.17) is 0 Å². The third-order valence-corrected chi connectivity index (χ3v) is 3.73. The fourth-order valence-electron chi connectivity index (χ4n) is 1.84. The van der Waals surface area contributed by atoms with Crippen LogP contribution in [0, 0.1) is 0 Å². The molecule has 0 bridgehead atoms. The molecule has 0 amide bonds. The molecule has 22 heavy (non-hydrogen) atoms. The molecule has 0 spiro atoms. The van der Waals surface area contributed by atoms with E-state index in [9.17, 15) is 18.0 Å². The Morgan fingerprint density at radius 2 is 1.50 bits per heavy atom. The van der Waals surface area contributed by atoms with Crippen molar-refractivity contribution in [1.29, 1.82) is 0 Å². The van der Waals surface area contributed by atoms with Crippen LogP contribution in [0.3, 0.4) is 0 Å². The molecular weight excluding hydrogens is 361 g/mol. The van der Waals surface area contributed by atoms with Gasteiger partial charge in [0.1, 0.15) is 5.75 Å².